The van der Waals surface area contributed by atoms with Crippen molar-refractivity contribution in [2.45, 2.75) is 124 Å². The van der Waals surface area contributed by atoms with Gasteiger partial charge in [-0.05, 0) is 58.8 Å². The third-order valence-electron chi connectivity index (χ3n) is 6.22. The summed E-state index contributed by atoms with van der Waals surface area (Å²) in [5.74, 6) is 1.42. The molecule has 204 valence electrons. The molecule has 0 spiro atoms. The highest BCUT2D eigenvalue weighted by Gasteiger charge is 2.33. The Bertz CT molecular complexity index is 1060. The van der Waals surface area contributed by atoms with Gasteiger partial charge in [0, 0.05) is 11.1 Å². The Hall–Kier alpha value is -2.08. The van der Waals surface area contributed by atoms with Gasteiger partial charge in [0.2, 0.25) is 0 Å². The molecule has 0 aliphatic heterocycles. The molecule has 0 saturated carbocycles. The maximum Gasteiger partial charge on any atom is 0.464 e. The molecule has 0 amide bonds. The summed E-state index contributed by atoms with van der Waals surface area (Å²) < 4.78 is 19.2. The molecule has 0 aromatic heterocycles. The van der Waals surface area contributed by atoms with Crippen molar-refractivity contribution in [3.63, 3.8) is 0 Å². The van der Waals surface area contributed by atoms with Crippen molar-refractivity contribution in [2.24, 2.45) is 0 Å². The predicted octanol–water partition coefficient (Wildman–Crippen LogP) is 9.88. The number of benzene rings is 2. The summed E-state index contributed by atoms with van der Waals surface area (Å²) in [4.78, 5) is 0. The predicted molar refractivity (Wildman–Crippen MR) is 157 cm³/mol. The number of nitrogens with zero attached hydrogens (tertiary/aromatic N) is 1. The number of hydrogen-bond donors (Lipinski definition) is 0. The van der Waals surface area contributed by atoms with Crippen LogP contribution in [-0.2, 0) is 26.2 Å². The van der Waals surface area contributed by atoms with Gasteiger partial charge >= 0.3 is 8.60 Å². The van der Waals surface area contributed by atoms with Crippen molar-refractivity contribution in [3.8, 4) is 17.6 Å². The highest BCUT2D eigenvalue weighted by Crippen LogP contribution is 2.50. The molecule has 2 aromatic carbocycles. The Labute approximate surface area is 227 Å². The normalized spacial score (nSPS) is 13.5. The maximum absolute atomic E-state index is 9.72. The van der Waals surface area contributed by atoms with Crippen LogP contribution in [0.3, 0.4) is 0 Å². The topological polar surface area (TPSA) is 51.5 Å². The molecule has 0 bridgehead atoms. The van der Waals surface area contributed by atoms with E-state index in [0.29, 0.717) is 11.5 Å². The van der Waals surface area contributed by atoms with Crippen molar-refractivity contribution in [1.29, 1.82) is 5.26 Å². The van der Waals surface area contributed by atoms with E-state index in [0.717, 1.165) is 11.1 Å². The molecule has 0 N–H and O–H groups in total. The third kappa shape index (κ3) is 8.46. The first-order chi connectivity index (χ1) is 16.5. The van der Waals surface area contributed by atoms with E-state index in [1.807, 2.05) is 12.1 Å². The molecule has 0 fully saturated rings. The molecule has 5 heteroatoms. The minimum atomic E-state index is -1.93. The van der Waals surface area contributed by atoms with Crippen LogP contribution in [0.2, 0.25) is 0 Å². The van der Waals surface area contributed by atoms with Crippen molar-refractivity contribution in [3.05, 3.63) is 58.7 Å². The first-order valence-electron chi connectivity index (χ1n) is 13.1. The van der Waals surface area contributed by atoms with Gasteiger partial charge in [-0.3, -0.25) is 4.52 Å². The monoisotopic (exact) mass is 525 g/mol. The van der Waals surface area contributed by atoms with Gasteiger partial charge in [0.15, 0.2) is 5.60 Å². The van der Waals surface area contributed by atoms with Crippen LogP contribution in [0.25, 0.3) is 0 Å². The Morgan fingerprint density at radius 1 is 0.568 bits per heavy atom. The Balaban J connectivity index is 2.61. The van der Waals surface area contributed by atoms with E-state index in [1.54, 1.807) is 13.8 Å². The third-order valence-corrected chi connectivity index (χ3v) is 7.52. The minimum Gasteiger partial charge on any atom is -0.417 e. The summed E-state index contributed by atoms with van der Waals surface area (Å²) in [5.41, 5.74) is 3.25. The van der Waals surface area contributed by atoms with Crippen molar-refractivity contribution >= 4 is 8.60 Å². The van der Waals surface area contributed by atoms with Crippen LogP contribution in [0.4, 0.5) is 0 Å². The zero-order chi connectivity index (χ0) is 28.6. The van der Waals surface area contributed by atoms with Gasteiger partial charge in [-0.25, -0.2) is 0 Å². The molecule has 0 atom stereocenters. The smallest absolute Gasteiger partial charge is 0.417 e. The summed E-state index contributed by atoms with van der Waals surface area (Å²) in [6.07, 6.45) is 0. The van der Waals surface area contributed by atoms with Gasteiger partial charge < -0.3 is 9.05 Å². The van der Waals surface area contributed by atoms with Crippen molar-refractivity contribution < 1.29 is 13.6 Å². The number of hydrogen-bond acceptors (Lipinski definition) is 4. The molecule has 0 unspecified atom stereocenters. The van der Waals surface area contributed by atoms with E-state index >= 15 is 0 Å². The molecule has 4 nitrogen and oxygen atoms in total. The SMILES string of the molecule is CC(C)(C#N)OP(Oc1ccc(C(C)(C)C)cc1C(C)(C)C)Oc1ccc(C(C)(C)C)cc1C(C)(C)C. The zero-order valence-corrected chi connectivity index (χ0v) is 26.5. The lowest BCUT2D eigenvalue weighted by molar-refractivity contribution is 0.148. The second kappa shape index (κ2) is 10.6. The summed E-state index contributed by atoms with van der Waals surface area (Å²) in [6, 6.07) is 14.9. The maximum atomic E-state index is 9.72. The molecule has 0 saturated heterocycles. The highest BCUT2D eigenvalue weighted by molar-refractivity contribution is 7.42. The van der Waals surface area contributed by atoms with Gasteiger partial charge in [-0.2, -0.15) is 5.26 Å². The zero-order valence-electron chi connectivity index (χ0n) is 25.6. The molecule has 0 radical (unpaired) electrons. The quantitative estimate of drug-likeness (QED) is 0.352. The Morgan fingerprint density at radius 3 is 1.19 bits per heavy atom. The summed E-state index contributed by atoms with van der Waals surface area (Å²) >= 11 is 0. The van der Waals surface area contributed by atoms with Crippen LogP contribution in [0.15, 0.2) is 36.4 Å². The van der Waals surface area contributed by atoms with Crippen LogP contribution >= 0.6 is 8.60 Å². The average Bonchev–Trinajstić information content (AvgIpc) is 2.70. The lowest BCUT2D eigenvalue weighted by Gasteiger charge is -2.31. The average molecular weight is 526 g/mol. The molecule has 0 aliphatic carbocycles. The van der Waals surface area contributed by atoms with Gasteiger partial charge in [0.05, 0.1) is 6.07 Å². The first kappa shape index (κ1) is 31.1. The standard InChI is InChI=1S/C32H48NO3P/c1-28(2,3)22-15-17-26(24(19-22)30(7,8)9)34-37(36-32(13,14)21-33)35-27-18-16-23(29(4,5)6)20-25(27)31(10,11)12/h15-20H,1-14H3. The summed E-state index contributed by atoms with van der Waals surface area (Å²) in [6.45, 7) is 29.8. The largest absolute Gasteiger partial charge is 0.464 e. The Morgan fingerprint density at radius 2 is 0.919 bits per heavy atom. The highest BCUT2D eigenvalue weighted by atomic mass is 31.2. The number of nitriles is 1. The molecular formula is C32H48NO3P. The second-order valence-electron chi connectivity index (χ2n) is 14.5. The van der Waals surface area contributed by atoms with Crippen LogP contribution in [0, 0.1) is 11.3 Å². The van der Waals surface area contributed by atoms with Gasteiger partial charge in [-0.1, -0.05) is 107 Å². The molecule has 2 rings (SSSR count). The van der Waals surface area contributed by atoms with E-state index < -0.39 is 14.2 Å². The van der Waals surface area contributed by atoms with Gasteiger partial charge in [0.1, 0.15) is 11.5 Å². The van der Waals surface area contributed by atoms with Crippen LogP contribution < -0.4 is 9.05 Å². The molecule has 2 aromatic rings. The Kier molecular flexibility index (Phi) is 8.91. The number of rotatable bonds is 6. The summed E-state index contributed by atoms with van der Waals surface area (Å²) in [5, 5.41) is 9.72. The minimum absolute atomic E-state index is 0.00940. The van der Waals surface area contributed by atoms with Crippen LogP contribution in [0.5, 0.6) is 11.5 Å². The van der Waals surface area contributed by atoms with Gasteiger partial charge in [0.25, 0.3) is 0 Å². The molecule has 37 heavy (non-hydrogen) atoms. The van der Waals surface area contributed by atoms with Gasteiger partial charge in [-0.15, -0.1) is 0 Å². The fourth-order valence-corrected chi connectivity index (χ4v) is 4.91. The fourth-order valence-electron chi connectivity index (χ4n) is 3.75. The fraction of sp³-hybridized carbons (Fsp3) is 0.594. The first-order valence-corrected chi connectivity index (χ1v) is 14.2. The van der Waals surface area contributed by atoms with E-state index in [-0.39, 0.29) is 21.7 Å². The van der Waals surface area contributed by atoms with Crippen LogP contribution in [0.1, 0.15) is 119 Å². The lowest BCUT2D eigenvalue weighted by atomic mass is 9.80. The van der Waals surface area contributed by atoms with E-state index in [1.165, 1.54) is 11.1 Å². The molecule has 0 heterocycles. The second-order valence-corrected chi connectivity index (χ2v) is 15.5. The lowest BCUT2D eigenvalue weighted by Crippen LogP contribution is -2.23. The summed E-state index contributed by atoms with van der Waals surface area (Å²) in [7, 11) is -1.93. The molecular weight excluding hydrogens is 477 g/mol. The van der Waals surface area contributed by atoms with Crippen molar-refractivity contribution in [1.82, 2.24) is 0 Å². The van der Waals surface area contributed by atoms with E-state index in [2.05, 4.69) is 113 Å². The van der Waals surface area contributed by atoms with Crippen molar-refractivity contribution in [2.75, 3.05) is 0 Å². The van der Waals surface area contributed by atoms with Crippen LogP contribution in [-0.4, -0.2) is 5.60 Å². The van der Waals surface area contributed by atoms with E-state index in [4.69, 9.17) is 13.6 Å². The molecule has 0 aliphatic rings. The van der Waals surface area contributed by atoms with E-state index in [9.17, 15) is 5.26 Å².